The van der Waals surface area contributed by atoms with Crippen LogP contribution in [0.2, 0.25) is 0 Å². The first-order chi connectivity index (χ1) is 9.82. The Morgan fingerprint density at radius 2 is 2.05 bits per heavy atom. The molecule has 0 atom stereocenters. The largest absolute Gasteiger partial charge is 0.369 e. The van der Waals surface area contributed by atoms with Crippen LogP contribution in [0.1, 0.15) is 18.1 Å². The summed E-state index contributed by atoms with van der Waals surface area (Å²) in [7, 11) is -3.79. The Hall–Kier alpha value is -1.88. The molecule has 1 amide bonds. The van der Waals surface area contributed by atoms with Gasteiger partial charge in [-0.1, -0.05) is 24.8 Å². The van der Waals surface area contributed by atoms with Crippen molar-refractivity contribution in [2.45, 2.75) is 18.7 Å². The Labute approximate surface area is 125 Å². The second kappa shape index (κ2) is 7.22. The molecule has 0 radical (unpaired) electrons. The number of carbonyl (C=O) groups excluding carboxylic acids is 1. The molecule has 0 aromatic heterocycles. The van der Waals surface area contributed by atoms with Gasteiger partial charge >= 0.3 is 0 Å². The number of nitrogens with zero attached hydrogens (tertiary/aromatic N) is 1. The standard InChI is InChI=1S/C14H19N3O3S/c1-3-17(10-14(16)18)21(19,20)13-9-12(5-4-8-15)7-6-11(13)2/h6-7,9H,3,8,10,15H2,1-2H3,(H2,16,18). The van der Waals surface area contributed by atoms with Gasteiger partial charge in [0.1, 0.15) is 0 Å². The van der Waals surface area contributed by atoms with Gasteiger partial charge in [0.15, 0.2) is 0 Å². The molecule has 0 aliphatic heterocycles. The number of sulfonamides is 1. The molecule has 0 aliphatic carbocycles. The zero-order chi connectivity index (χ0) is 16.0. The number of nitrogens with two attached hydrogens (primary N) is 2. The van der Waals surface area contributed by atoms with Crippen molar-refractivity contribution in [1.29, 1.82) is 0 Å². The smallest absolute Gasteiger partial charge is 0.243 e. The molecule has 0 fully saturated rings. The second-order valence-electron chi connectivity index (χ2n) is 4.38. The van der Waals surface area contributed by atoms with Crippen molar-refractivity contribution in [1.82, 2.24) is 4.31 Å². The summed E-state index contributed by atoms with van der Waals surface area (Å²) in [6.45, 7) is 3.33. The minimum absolute atomic E-state index is 0.120. The summed E-state index contributed by atoms with van der Waals surface area (Å²) in [6, 6.07) is 4.88. The van der Waals surface area contributed by atoms with E-state index >= 15 is 0 Å². The van der Waals surface area contributed by atoms with Gasteiger partial charge in [-0.3, -0.25) is 4.79 Å². The molecule has 1 rings (SSSR count). The fourth-order valence-corrected chi connectivity index (χ4v) is 3.45. The number of hydrogen-bond acceptors (Lipinski definition) is 4. The summed E-state index contributed by atoms with van der Waals surface area (Å²) in [6.07, 6.45) is 0. The second-order valence-corrected chi connectivity index (χ2v) is 6.29. The van der Waals surface area contributed by atoms with Crippen LogP contribution in [0, 0.1) is 18.8 Å². The van der Waals surface area contributed by atoms with E-state index in [0.29, 0.717) is 11.1 Å². The summed E-state index contributed by atoms with van der Waals surface area (Å²) < 4.78 is 26.2. The molecule has 7 heteroatoms. The van der Waals surface area contributed by atoms with Crippen LogP contribution < -0.4 is 11.5 Å². The molecule has 0 unspecified atom stereocenters. The van der Waals surface area contributed by atoms with E-state index in [1.807, 2.05) is 0 Å². The van der Waals surface area contributed by atoms with Crippen LogP contribution in [-0.2, 0) is 14.8 Å². The summed E-state index contributed by atoms with van der Waals surface area (Å²) in [4.78, 5) is 11.1. The minimum Gasteiger partial charge on any atom is -0.369 e. The highest BCUT2D eigenvalue weighted by molar-refractivity contribution is 7.89. The quantitative estimate of drug-likeness (QED) is 0.735. The van der Waals surface area contributed by atoms with E-state index in [-0.39, 0.29) is 24.5 Å². The first-order valence-corrected chi connectivity index (χ1v) is 7.85. The fraction of sp³-hybridized carbons (Fsp3) is 0.357. The molecule has 21 heavy (non-hydrogen) atoms. The van der Waals surface area contributed by atoms with E-state index in [1.165, 1.54) is 6.07 Å². The van der Waals surface area contributed by atoms with Crippen molar-refractivity contribution in [2.24, 2.45) is 11.5 Å². The molecule has 4 N–H and O–H groups in total. The number of rotatable bonds is 5. The zero-order valence-corrected chi connectivity index (χ0v) is 12.9. The SMILES string of the molecule is CCN(CC(N)=O)S(=O)(=O)c1cc(C#CCN)ccc1C. The van der Waals surface area contributed by atoms with E-state index in [0.717, 1.165) is 4.31 Å². The first kappa shape index (κ1) is 17.2. The average Bonchev–Trinajstić information content (AvgIpc) is 2.43. The van der Waals surface area contributed by atoms with E-state index < -0.39 is 15.9 Å². The minimum atomic E-state index is -3.79. The van der Waals surface area contributed by atoms with E-state index in [1.54, 1.807) is 26.0 Å². The third-order valence-electron chi connectivity index (χ3n) is 2.83. The topological polar surface area (TPSA) is 106 Å². The van der Waals surface area contributed by atoms with Crippen LogP contribution >= 0.6 is 0 Å². The van der Waals surface area contributed by atoms with Crippen LogP contribution in [0.4, 0.5) is 0 Å². The maximum atomic E-state index is 12.6. The summed E-state index contributed by atoms with van der Waals surface area (Å²) >= 11 is 0. The van der Waals surface area contributed by atoms with Crippen molar-refractivity contribution >= 4 is 15.9 Å². The Balaban J connectivity index is 3.32. The van der Waals surface area contributed by atoms with Crippen molar-refractivity contribution in [2.75, 3.05) is 19.6 Å². The molecule has 114 valence electrons. The van der Waals surface area contributed by atoms with Crippen molar-refractivity contribution in [3.8, 4) is 11.8 Å². The summed E-state index contributed by atoms with van der Waals surface area (Å²) in [5.41, 5.74) is 11.5. The van der Waals surface area contributed by atoms with Crippen LogP contribution in [0.25, 0.3) is 0 Å². The van der Waals surface area contributed by atoms with Crippen LogP contribution in [0.3, 0.4) is 0 Å². The van der Waals surface area contributed by atoms with Crippen LogP contribution in [0.15, 0.2) is 23.1 Å². The lowest BCUT2D eigenvalue weighted by Gasteiger charge is -2.20. The highest BCUT2D eigenvalue weighted by atomic mass is 32.2. The van der Waals surface area contributed by atoms with Gasteiger partial charge in [0.25, 0.3) is 0 Å². The van der Waals surface area contributed by atoms with E-state index in [9.17, 15) is 13.2 Å². The lowest BCUT2D eigenvalue weighted by molar-refractivity contribution is -0.118. The van der Waals surface area contributed by atoms with Gasteiger partial charge in [-0.25, -0.2) is 8.42 Å². The Bertz CT molecular complexity index is 687. The third kappa shape index (κ3) is 4.29. The molecule has 0 spiro atoms. The number of benzene rings is 1. The van der Waals surface area contributed by atoms with Crippen molar-refractivity contribution in [3.63, 3.8) is 0 Å². The van der Waals surface area contributed by atoms with E-state index in [4.69, 9.17) is 11.5 Å². The lowest BCUT2D eigenvalue weighted by Crippen LogP contribution is -2.38. The maximum absolute atomic E-state index is 12.6. The molecule has 0 saturated heterocycles. The first-order valence-electron chi connectivity index (χ1n) is 6.41. The molecule has 0 bridgehead atoms. The lowest BCUT2D eigenvalue weighted by atomic mass is 10.1. The predicted octanol–water partition coefficient (Wildman–Crippen LogP) is -0.199. The highest BCUT2D eigenvalue weighted by Gasteiger charge is 2.26. The predicted molar refractivity (Wildman–Crippen MR) is 80.7 cm³/mol. The van der Waals surface area contributed by atoms with Gasteiger partial charge < -0.3 is 11.5 Å². The molecule has 6 nitrogen and oxygen atoms in total. The Morgan fingerprint density at radius 1 is 1.38 bits per heavy atom. The molecular weight excluding hydrogens is 290 g/mol. The van der Waals surface area contributed by atoms with Gasteiger partial charge in [-0.15, -0.1) is 0 Å². The van der Waals surface area contributed by atoms with Gasteiger partial charge in [-0.2, -0.15) is 4.31 Å². The zero-order valence-electron chi connectivity index (χ0n) is 12.1. The summed E-state index contributed by atoms with van der Waals surface area (Å²) in [5, 5.41) is 0. The Kier molecular flexibility index (Phi) is 5.90. The third-order valence-corrected chi connectivity index (χ3v) is 4.89. The molecular formula is C14H19N3O3S. The summed E-state index contributed by atoms with van der Waals surface area (Å²) in [5.74, 6) is 4.77. The highest BCUT2D eigenvalue weighted by Crippen LogP contribution is 2.21. The molecule has 0 heterocycles. The maximum Gasteiger partial charge on any atom is 0.243 e. The fourth-order valence-electron chi connectivity index (χ4n) is 1.79. The average molecular weight is 309 g/mol. The van der Waals surface area contributed by atoms with Crippen LogP contribution in [-0.4, -0.2) is 38.3 Å². The van der Waals surface area contributed by atoms with Gasteiger partial charge in [0.2, 0.25) is 15.9 Å². The van der Waals surface area contributed by atoms with Gasteiger partial charge in [0, 0.05) is 12.1 Å². The Morgan fingerprint density at radius 3 is 2.57 bits per heavy atom. The van der Waals surface area contributed by atoms with Crippen LogP contribution in [0.5, 0.6) is 0 Å². The molecule has 1 aromatic carbocycles. The number of hydrogen-bond donors (Lipinski definition) is 2. The molecule has 0 aliphatic rings. The normalized spacial score (nSPS) is 11.0. The van der Waals surface area contributed by atoms with E-state index in [2.05, 4.69) is 11.8 Å². The van der Waals surface area contributed by atoms with Crippen molar-refractivity contribution < 1.29 is 13.2 Å². The number of aryl methyl sites for hydroxylation is 1. The molecule has 1 aromatic rings. The number of carbonyl (C=O) groups is 1. The number of amides is 1. The van der Waals surface area contributed by atoms with Gasteiger partial charge in [-0.05, 0) is 24.6 Å². The van der Waals surface area contributed by atoms with Gasteiger partial charge in [0.05, 0.1) is 18.0 Å². The number of primary amides is 1. The molecule has 0 saturated carbocycles. The monoisotopic (exact) mass is 309 g/mol. The van der Waals surface area contributed by atoms with Crippen molar-refractivity contribution in [3.05, 3.63) is 29.3 Å². The number of likely N-dealkylation sites (N-methyl/N-ethyl adjacent to an activating group) is 1.